The summed E-state index contributed by atoms with van der Waals surface area (Å²) in [4.78, 5) is 37.5. The second-order valence-corrected chi connectivity index (χ2v) is 12.3. The molecule has 4 aliphatic heterocycles. The number of carbonyl (C=O) groups is 3. The van der Waals surface area contributed by atoms with Gasteiger partial charge in [-0.3, -0.25) is 14.4 Å². The number of nitrogens with zero attached hydrogens (tertiary/aromatic N) is 1. The van der Waals surface area contributed by atoms with Crippen LogP contribution in [0.3, 0.4) is 0 Å². The van der Waals surface area contributed by atoms with Gasteiger partial charge < -0.3 is 39.4 Å². The van der Waals surface area contributed by atoms with Crippen LogP contribution in [0.25, 0.3) is 0 Å². The second kappa shape index (κ2) is 13.8. The Labute approximate surface area is 247 Å². The first-order chi connectivity index (χ1) is 19.8. The molecular weight excluding hydrogens is 544 g/mol. The van der Waals surface area contributed by atoms with Gasteiger partial charge in [-0.15, -0.1) is 0 Å². The maximum Gasteiger partial charge on any atom is 0.303 e. The number of carbonyl (C=O) groups excluding carboxylic acids is 3. The summed E-state index contributed by atoms with van der Waals surface area (Å²) in [7, 11) is 0. The fourth-order valence-corrected chi connectivity index (χ4v) is 5.87. The van der Waals surface area contributed by atoms with Gasteiger partial charge in [0.25, 0.3) is 0 Å². The molecule has 42 heavy (non-hydrogen) atoms. The molecule has 11 nitrogen and oxygen atoms in total. The summed E-state index contributed by atoms with van der Waals surface area (Å²) in [5.41, 5.74) is 0.337. The molecule has 0 aromatic heterocycles. The predicted molar refractivity (Wildman–Crippen MR) is 153 cm³/mol. The summed E-state index contributed by atoms with van der Waals surface area (Å²) in [5, 5.41) is 23.4. The minimum absolute atomic E-state index is 0.00824. The smallest absolute Gasteiger partial charge is 0.303 e. The highest BCUT2D eigenvalue weighted by atomic mass is 16.6. The highest BCUT2D eigenvalue weighted by molar-refractivity contribution is 5.87. The van der Waals surface area contributed by atoms with E-state index >= 15 is 0 Å². The van der Waals surface area contributed by atoms with Gasteiger partial charge in [-0.05, 0) is 45.6 Å². The molecule has 9 atom stereocenters. The number of allylic oxidation sites excluding steroid dienone is 2. The lowest BCUT2D eigenvalue weighted by molar-refractivity contribution is -0.157. The molecule has 0 bridgehead atoms. The Morgan fingerprint density at radius 2 is 1.86 bits per heavy atom. The minimum atomic E-state index is -0.812. The minimum Gasteiger partial charge on any atom is -0.459 e. The normalized spacial score (nSPS) is 36.2. The first-order valence-corrected chi connectivity index (χ1v) is 14.9. The highest BCUT2D eigenvalue weighted by Gasteiger charge is 2.58. The van der Waals surface area contributed by atoms with E-state index in [2.05, 4.69) is 18.3 Å². The number of β-amino-alcohol motifs (C(OH)–C–C–N with tert-alkyl or cyclic N) is 1. The molecule has 0 aliphatic carbocycles. The number of esters is 1. The van der Waals surface area contributed by atoms with Gasteiger partial charge in [-0.1, -0.05) is 30.7 Å². The SMILES string of the molecule is CC(=O)O[C@@H](C)/C=C\C(=O)N[C@@H]1C[C@H](C)[C@H](C/C=C(C)/C=C/[C@H]2O[C@H](CC(=O)N3CC(O)C3)CC3(CO3)[C@@H]2O)O[C@@H]1C. The summed E-state index contributed by atoms with van der Waals surface area (Å²) >= 11 is 0. The molecule has 4 saturated heterocycles. The topological polar surface area (TPSA) is 147 Å². The number of ether oxygens (including phenoxy) is 4. The number of hydrogen-bond acceptors (Lipinski definition) is 9. The summed E-state index contributed by atoms with van der Waals surface area (Å²) < 4.78 is 23.0. The third-order valence-electron chi connectivity index (χ3n) is 8.54. The van der Waals surface area contributed by atoms with E-state index in [1.807, 2.05) is 26.0 Å². The number of epoxide rings is 1. The van der Waals surface area contributed by atoms with Gasteiger partial charge in [0.05, 0.1) is 43.5 Å². The molecule has 1 unspecified atom stereocenters. The van der Waals surface area contributed by atoms with Crippen LogP contribution in [-0.4, -0.2) is 107 Å². The Balaban J connectivity index is 1.25. The molecule has 3 N–H and O–H groups in total. The Morgan fingerprint density at radius 1 is 1.14 bits per heavy atom. The molecule has 1 spiro atoms. The molecule has 2 amide bonds. The van der Waals surface area contributed by atoms with E-state index in [1.165, 1.54) is 13.0 Å². The molecule has 4 aliphatic rings. The van der Waals surface area contributed by atoms with Gasteiger partial charge in [-0.2, -0.15) is 0 Å². The molecule has 4 rings (SSSR count). The third kappa shape index (κ3) is 8.50. The van der Waals surface area contributed by atoms with Crippen LogP contribution in [0, 0.1) is 5.92 Å². The average Bonchev–Trinajstić information content (AvgIpc) is 3.67. The number of likely N-dealkylation sites (tertiary alicyclic amines) is 1. The fourth-order valence-electron chi connectivity index (χ4n) is 5.87. The lowest BCUT2D eigenvalue weighted by Crippen LogP contribution is -2.55. The van der Waals surface area contributed by atoms with E-state index in [4.69, 9.17) is 18.9 Å². The lowest BCUT2D eigenvalue weighted by atomic mass is 9.87. The molecule has 0 saturated carbocycles. The Hall–Kier alpha value is -2.57. The van der Waals surface area contributed by atoms with Gasteiger partial charge in [0.1, 0.15) is 23.9 Å². The molecule has 0 aromatic carbocycles. The van der Waals surface area contributed by atoms with Crippen molar-refractivity contribution >= 4 is 17.8 Å². The molecule has 0 radical (unpaired) electrons. The van der Waals surface area contributed by atoms with Crippen molar-refractivity contribution in [2.45, 2.75) is 115 Å². The Bertz CT molecular complexity index is 1080. The molecular formula is C31H46N2O9. The van der Waals surface area contributed by atoms with E-state index in [0.717, 1.165) is 12.0 Å². The number of hydrogen-bond donors (Lipinski definition) is 3. The van der Waals surface area contributed by atoms with Crippen molar-refractivity contribution in [3.05, 3.63) is 36.0 Å². The number of nitrogens with one attached hydrogen (secondary N) is 1. The average molecular weight is 591 g/mol. The van der Waals surface area contributed by atoms with E-state index < -0.39 is 36.0 Å². The van der Waals surface area contributed by atoms with Crippen LogP contribution in [0.5, 0.6) is 0 Å². The van der Waals surface area contributed by atoms with Crippen molar-refractivity contribution < 1.29 is 43.5 Å². The van der Waals surface area contributed by atoms with Gasteiger partial charge in [0.15, 0.2) is 0 Å². The molecule has 4 heterocycles. The number of rotatable bonds is 10. The van der Waals surface area contributed by atoms with E-state index in [9.17, 15) is 24.6 Å². The van der Waals surface area contributed by atoms with Crippen molar-refractivity contribution in [1.29, 1.82) is 0 Å². The Kier molecular flexibility index (Phi) is 10.6. The van der Waals surface area contributed by atoms with E-state index in [-0.39, 0.29) is 48.5 Å². The highest BCUT2D eigenvalue weighted by Crippen LogP contribution is 2.43. The van der Waals surface area contributed by atoms with Crippen molar-refractivity contribution in [1.82, 2.24) is 10.2 Å². The molecule has 4 fully saturated rings. The monoisotopic (exact) mass is 590 g/mol. The van der Waals surface area contributed by atoms with Gasteiger partial charge in [0, 0.05) is 32.5 Å². The molecule has 0 aromatic rings. The summed E-state index contributed by atoms with van der Waals surface area (Å²) in [6.45, 7) is 10.2. The van der Waals surface area contributed by atoms with Crippen LogP contribution >= 0.6 is 0 Å². The van der Waals surface area contributed by atoms with Gasteiger partial charge >= 0.3 is 5.97 Å². The first-order valence-electron chi connectivity index (χ1n) is 14.9. The first kappa shape index (κ1) is 32.3. The fraction of sp³-hybridized carbons (Fsp3) is 0.710. The van der Waals surface area contributed by atoms with Crippen LogP contribution in [-0.2, 0) is 33.3 Å². The van der Waals surface area contributed by atoms with Crippen LogP contribution < -0.4 is 5.32 Å². The summed E-state index contributed by atoms with van der Waals surface area (Å²) in [6, 6.07) is -0.129. The van der Waals surface area contributed by atoms with Gasteiger partial charge in [0.2, 0.25) is 11.8 Å². The Morgan fingerprint density at radius 3 is 2.50 bits per heavy atom. The van der Waals surface area contributed by atoms with Crippen LogP contribution in [0.1, 0.15) is 60.3 Å². The zero-order chi connectivity index (χ0) is 30.6. The van der Waals surface area contributed by atoms with Crippen molar-refractivity contribution in [2.75, 3.05) is 19.7 Å². The quantitative estimate of drug-likeness (QED) is 0.149. The maximum absolute atomic E-state index is 12.5. The number of aliphatic hydroxyl groups is 2. The van der Waals surface area contributed by atoms with Crippen LogP contribution in [0.15, 0.2) is 36.0 Å². The maximum atomic E-state index is 12.5. The van der Waals surface area contributed by atoms with Crippen molar-refractivity contribution in [3.8, 4) is 0 Å². The lowest BCUT2D eigenvalue weighted by Gasteiger charge is -2.40. The standard InChI is InChI=1S/C31H46N2O9/c1-18(6-9-26-19(2)12-25(21(4)41-26)32-28(36)11-8-20(3)40-22(5)34)7-10-27-30(38)31(17-39-31)14-24(42-27)13-29(37)33-15-23(35)16-33/h6-8,10-11,19-21,23-27,30,35,38H,9,12-17H2,1-5H3,(H,32,36)/b10-7+,11-8-,18-6+/t19-,20-,21+,24+,25+,26-,27+,30+,31?/m0/s1. The predicted octanol–water partition coefficient (Wildman–Crippen LogP) is 1.57. The zero-order valence-electron chi connectivity index (χ0n) is 25.2. The number of amides is 2. The second-order valence-electron chi connectivity index (χ2n) is 12.3. The summed E-state index contributed by atoms with van der Waals surface area (Å²) in [6.07, 6.45) is 8.05. The van der Waals surface area contributed by atoms with E-state index in [1.54, 1.807) is 17.9 Å². The summed E-state index contributed by atoms with van der Waals surface area (Å²) in [5.74, 6) is -0.494. The third-order valence-corrected chi connectivity index (χ3v) is 8.54. The molecule has 11 heteroatoms. The van der Waals surface area contributed by atoms with Crippen LogP contribution in [0.2, 0.25) is 0 Å². The van der Waals surface area contributed by atoms with Crippen LogP contribution in [0.4, 0.5) is 0 Å². The zero-order valence-corrected chi connectivity index (χ0v) is 25.2. The van der Waals surface area contributed by atoms with Crippen molar-refractivity contribution in [2.24, 2.45) is 5.92 Å². The number of aliphatic hydroxyl groups excluding tert-OH is 2. The van der Waals surface area contributed by atoms with Crippen molar-refractivity contribution in [3.63, 3.8) is 0 Å². The van der Waals surface area contributed by atoms with Gasteiger partial charge in [-0.25, -0.2) is 0 Å². The van der Waals surface area contributed by atoms with E-state index in [0.29, 0.717) is 32.5 Å². The largest absolute Gasteiger partial charge is 0.459 e. The molecule has 234 valence electrons.